The fourth-order valence-electron chi connectivity index (χ4n) is 3.89. The van der Waals surface area contributed by atoms with Crippen LogP contribution < -0.4 is 5.32 Å². The number of carbonyl (C=O) groups excluding carboxylic acids is 1. The fourth-order valence-corrected chi connectivity index (χ4v) is 3.89. The fraction of sp³-hybridized carbons (Fsp3) is 0.318. The van der Waals surface area contributed by atoms with Crippen LogP contribution in [0.3, 0.4) is 0 Å². The topological polar surface area (TPSA) is 58.1 Å². The molecule has 1 aliphatic heterocycles. The van der Waals surface area contributed by atoms with Gasteiger partial charge in [-0.3, -0.25) is 19.7 Å². The van der Waals surface area contributed by atoms with Crippen LogP contribution in [0.2, 0.25) is 0 Å². The van der Waals surface area contributed by atoms with Crippen LogP contribution in [0.1, 0.15) is 35.6 Å². The van der Waals surface area contributed by atoms with Crippen molar-refractivity contribution in [1.29, 1.82) is 0 Å². The normalized spacial score (nSPS) is 15.7. The monoisotopic (exact) mass is 360 g/mol. The van der Waals surface area contributed by atoms with Crippen LogP contribution in [0.15, 0.2) is 55.0 Å². The molecule has 0 saturated carbocycles. The molecule has 1 N–H and O–H groups in total. The predicted octanol–water partition coefficient (Wildman–Crippen LogP) is 3.39. The number of pyridine rings is 2. The summed E-state index contributed by atoms with van der Waals surface area (Å²) in [6.07, 6.45) is 7.62. The summed E-state index contributed by atoms with van der Waals surface area (Å²) in [5.74, 6) is 0.0326. The van der Waals surface area contributed by atoms with E-state index in [1.165, 1.54) is 0 Å². The Morgan fingerprint density at radius 1 is 1.15 bits per heavy atom. The molecule has 3 aromatic rings. The molecule has 1 aromatic carbocycles. The lowest BCUT2D eigenvalue weighted by Gasteiger charge is -2.27. The van der Waals surface area contributed by atoms with Crippen molar-refractivity contribution in [3.05, 3.63) is 71.7 Å². The number of likely N-dealkylation sites (tertiary alicyclic amines) is 1. The molecule has 3 heterocycles. The number of nitrogens with one attached hydrogen (secondary N) is 1. The van der Waals surface area contributed by atoms with Crippen LogP contribution in [0.4, 0.5) is 0 Å². The molecule has 0 aliphatic carbocycles. The van der Waals surface area contributed by atoms with Gasteiger partial charge in [-0.25, -0.2) is 0 Å². The largest absolute Gasteiger partial charge is 0.350 e. The number of aromatic nitrogens is 2. The van der Waals surface area contributed by atoms with Gasteiger partial charge in [0.15, 0.2) is 0 Å². The molecule has 138 valence electrons. The summed E-state index contributed by atoms with van der Waals surface area (Å²) < 4.78 is 0. The van der Waals surface area contributed by atoms with Crippen LogP contribution in [-0.4, -0.2) is 33.9 Å². The second-order valence-electron chi connectivity index (χ2n) is 7.08. The van der Waals surface area contributed by atoms with Gasteiger partial charge in [0.1, 0.15) is 6.04 Å². The molecule has 0 unspecified atom stereocenters. The highest BCUT2D eigenvalue weighted by molar-refractivity contribution is 5.86. The second kappa shape index (κ2) is 7.84. The van der Waals surface area contributed by atoms with Crippen molar-refractivity contribution in [2.45, 2.75) is 32.4 Å². The first-order chi connectivity index (χ1) is 13.2. The van der Waals surface area contributed by atoms with Gasteiger partial charge >= 0.3 is 0 Å². The highest BCUT2D eigenvalue weighted by Gasteiger charge is 2.29. The lowest BCUT2D eigenvalue weighted by Crippen LogP contribution is -2.39. The van der Waals surface area contributed by atoms with Crippen molar-refractivity contribution in [3.63, 3.8) is 0 Å². The molecule has 2 aromatic heterocycles. The first kappa shape index (κ1) is 17.6. The van der Waals surface area contributed by atoms with Crippen molar-refractivity contribution < 1.29 is 4.79 Å². The molecule has 0 bridgehead atoms. The first-order valence-corrected chi connectivity index (χ1v) is 9.49. The summed E-state index contributed by atoms with van der Waals surface area (Å²) >= 11 is 0. The van der Waals surface area contributed by atoms with Gasteiger partial charge in [0.25, 0.3) is 0 Å². The van der Waals surface area contributed by atoms with Crippen molar-refractivity contribution in [2.24, 2.45) is 0 Å². The molecule has 1 saturated heterocycles. The van der Waals surface area contributed by atoms with Gasteiger partial charge in [-0.2, -0.15) is 0 Å². The predicted molar refractivity (Wildman–Crippen MR) is 106 cm³/mol. The van der Waals surface area contributed by atoms with E-state index in [1.54, 1.807) is 18.6 Å². The summed E-state index contributed by atoms with van der Waals surface area (Å²) in [6.45, 7) is 4.47. The highest BCUT2D eigenvalue weighted by atomic mass is 16.2. The molecule has 4 rings (SSSR count). The second-order valence-corrected chi connectivity index (χ2v) is 7.08. The molecule has 27 heavy (non-hydrogen) atoms. The molecule has 0 radical (unpaired) electrons. The standard InChI is InChI=1S/C22H24N4O/c1-16-8-9-20-18(7-5-11-24-20)19(16)15-25-22(27)21(26-12-2-3-13-26)17-6-4-10-23-14-17/h4-11,14,21H,2-3,12-13,15H2,1H3,(H,25,27)/t21-/m0/s1. The van der Waals surface area contributed by atoms with Gasteiger partial charge in [0.2, 0.25) is 5.91 Å². The zero-order valence-electron chi connectivity index (χ0n) is 15.6. The molecule has 5 nitrogen and oxygen atoms in total. The van der Waals surface area contributed by atoms with Gasteiger partial charge in [-0.15, -0.1) is 0 Å². The van der Waals surface area contributed by atoms with Crippen LogP contribution in [0, 0.1) is 6.92 Å². The van der Waals surface area contributed by atoms with Gasteiger partial charge in [0.05, 0.1) is 5.52 Å². The minimum atomic E-state index is -0.283. The Morgan fingerprint density at radius 2 is 1.96 bits per heavy atom. The molecule has 1 fully saturated rings. The van der Waals surface area contributed by atoms with E-state index in [2.05, 4.69) is 39.2 Å². The van der Waals surface area contributed by atoms with Gasteiger partial charge in [-0.05, 0) is 67.7 Å². The van der Waals surface area contributed by atoms with E-state index in [9.17, 15) is 4.79 Å². The van der Waals surface area contributed by atoms with Crippen molar-refractivity contribution in [1.82, 2.24) is 20.2 Å². The number of rotatable bonds is 5. The van der Waals surface area contributed by atoms with E-state index >= 15 is 0 Å². The van der Waals surface area contributed by atoms with Gasteiger partial charge < -0.3 is 5.32 Å². The number of nitrogens with zero attached hydrogens (tertiary/aromatic N) is 3. The van der Waals surface area contributed by atoms with Crippen molar-refractivity contribution >= 4 is 16.8 Å². The lowest BCUT2D eigenvalue weighted by molar-refractivity contribution is -0.126. The average molecular weight is 360 g/mol. The van der Waals surface area contributed by atoms with E-state index in [4.69, 9.17) is 0 Å². The molecule has 1 atom stereocenters. The van der Waals surface area contributed by atoms with Crippen LogP contribution in [0.25, 0.3) is 10.9 Å². The van der Waals surface area contributed by atoms with E-state index in [-0.39, 0.29) is 11.9 Å². The third-order valence-electron chi connectivity index (χ3n) is 5.32. The first-order valence-electron chi connectivity index (χ1n) is 9.49. The van der Waals surface area contributed by atoms with Crippen molar-refractivity contribution in [3.8, 4) is 0 Å². The molecule has 5 heteroatoms. The summed E-state index contributed by atoms with van der Waals surface area (Å²) in [4.78, 5) is 24.1. The maximum Gasteiger partial charge on any atom is 0.242 e. The summed E-state index contributed by atoms with van der Waals surface area (Å²) in [5, 5.41) is 4.27. The lowest BCUT2D eigenvalue weighted by atomic mass is 10.0. The molecular formula is C22H24N4O. The van der Waals surface area contributed by atoms with Crippen LogP contribution >= 0.6 is 0 Å². The smallest absolute Gasteiger partial charge is 0.242 e. The quantitative estimate of drug-likeness (QED) is 0.758. The number of aryl methyl sites for hydroxylation is 1. The summed E-state index contributed by atoms with van der Waals surface area (Å²) in [5.41, 5.74) is 4.19. The highest BCUT2D eigenvalue weighted by Crippen LogP contribution is 2.26. The SMILES string of the molecule is Cc1ccc2ncccc2c1CNC(=O)[C@H](c1cccnc1)N1CCCC1. The Hall–Kier alpha value is -2.79. The number of amides is 1. The zero-order chi connectivity index (χ0) is 18.6. The van der Waals surface area contributed by atoms with Crippen LogP contribution in [0.5, 0.6) is 0 Å². The summed E-state index contributed by atoms with van der Waals surface area (Å²) in [6, 6.07) is 11.7. The number of fused-ring (bicyclic) bond motifs is 1. The number of hydrogen-bond acceptors (Lipinski definition) is 4. The zero-order valence-corrected chi connectivity index (χ0v) is 15.6. The minimum Gasteiger partial charge on any atom is -0.350 e. The van der Waals surface area contributed by atoms with Crippen molar-refractivity contribution in [2.75, 3.05) is 13.1 Å². The third kappa shape index (κ3) is 3.69. The molecule has 0 spiro atoms. The Balaban J connectivity index is 1.58. The Bertz CT molecular complexity index is 935. The number of hydrogen-bond donors (Lipinski definition) is 1. The van der Waals surface area contributed by atoms with Crippen LogP contribution in [-0.2, 0) is 11.3 Å². The van der Waals surface area contributed by atoms with E-state index in [1.807, 2.05) is 24.3 Å². The summed E-state index contributed by atoms with van der Waals surface area (Å²) in [7, 11) is 0. The Labute approximate surface area is 159 Å². The van der Waals surface area contributed by atoms with Gasteiger partial charge in [0, 0.05) is 30.5 Å². The van der Waals surface area contributed by atoms with Gasteiger partial charge in [-0.1, -0.05) is 18.2 Å². The van der Waals surface area contributed by atoms with E-state index < -0.39 is 0 Å². The maximum atomic E-state index is 13.2. The number of carbonyl (C=O) groups is 1. The molecule has 1 aliphatic rings. The maximum absolute atomic E-state index is 13.2. The number of benzene rings is 1. The van der Waals surface area contributed by atoms with E-state index in [0.717, 1.165) is 53.5 Å². The molecular weight excluding hydrogens is 336 g/mol. The Kier molecular flexibility index (Phi) is 5.12. The average Bonchev–Trinajstić information content (AvgIpc) is 3.22. The molecule has 1 amide bonds. The third-order valence-corrected chi connectivity index (χ3v) is 5.32. The van der Waals surface area contributed by atoms with E-state index in [0.29, 0.717) is 6.54 Å². The minimum absolute atomic E-state index is 0.0326. The Morgan fingerprint density at radius 3 is 2.74 bits per heavy atom.